The van der Waals surface area contributed by atoms with E-state index in [1.807, 2.05) is 24.3 Å². The van der Waals surface area contributed by atoms with Crippen LogP contribution in [0.2, 0.25) is 0 Å². The van der Waals surface area contributed by atoms with Crippen LogP contribution in [0.25, 0.3) is 0 Å². The van der Waals surface area contributed by atoms with Gasteiger partial charge in [-0.05, 0) is 69.4 Å². The first-order valence-electron chi connectivity index (χ1n) is 4.53. The Labute approximate surface area is 117 Å². The van der Waals surface area contributed by atoms with Crippen molar-refractivity contribution in [1.29, 1.82) is 0 Å². The number of rotatable bonds is 2. The lowest BCUT2D eigenvalue weighted by Crippen LogP contribution is -1.94. The molecule has 0 unspecified atom stereocenters. The molecule has 0 spiro atoms. The Kier molecular flexibility index (Phi) is 3.85. The van der Waals surface area contributed by atoms with Crippen LogP contribution in [0.4, 0.5) is 11.4 Å². The highest BCUT2D eigenvalue weighted by Crippen LogP contribution is 2.25. The Morgan fingerprint density at radius 3 is 1.47 bits per heavy atom. The van der Waals surface area contributed by atoms with E-state index in [4.69, 9.17) is 0 Å². The van der Waals surface area contributed by atoms with Gasteiger partial charge in [0, 0.05) is 7.14 Å². The van der Waals surface area contributed by atoms with Gasteiger partial charge in [0.05, 0.1) is 11.4 Å². The summed E-state index contributed by atoms with van der Waals surface area (Å²) in [7, 11) is 0. The van der Waals surface area contributed by atoms with Gasteiger partial charge in [-0.3, -0.25) is 0 Å². The van der Waals surface area contributed by atoms with Crippen LogP contribution in [-0.2, 0) is 0 Å². The Morgan fingerprint density at radius 1 is 0.667 bits per heavy atom. The van der Waals surface area contributed by atoms with Gasteiger partial charge in [-0.15, -0.1) is 0 Å². The molecule has 0 fully saturated rings. The summed E-state index contributed by atoms with van der Waals surface area (Å²) in [6, 6.07) is 16.5. The second-order valence-electron chi connectivity index (χ2n) is 3.08. The van der Waals surface area contributed by atoms with Gasteiger partial charge >= 0.3 is 0 Å². The van der Waals surface area contributed by atoms with Crippen molar-refractivity contribution >= 4 is 56.6 Å². The second-order valence-corrected chi connectivity index (χ2v) is 5.41. The molecule has 15 heavy (non-hydrogen) atoms. The summed E-state index contributed by atoms with van der Waals surface area (Å²) in [5, 5.41) is 3.43. The first kappa shape index (κ1) is 11.2. The van der Waals surface area contributed by atoms with Crippen molar-refractivity contribution in [2.45, 2.75) is 0 Å². The van der Waals surface area contributed by atoms with Gasteiger partial charge in [0.15, 0.2) is 0 Å². The molecule has 76 valence electrons. The fraction of sp³-hybridized carbons (Fsp3) is 0. The zero-order valence-corrected chi connectivity index (χ0v) is 12.2. The maximum Gasteiger partial charge on any atom is 0.0520 e. The molecule has 0 radical (unpaired) electrons. The molecule has 2 aromatic rings. The fourth-order valence-electron chi connectivity index (χ4n) is 1.27. The van der Waals surface area contributed by atoms with E-state index in [0.29, 0.717) is 0 Å². The second kappa shape index (κ2) is 5.16. The zero-order valence-electron chi connectivity index (χ0n) is 7.87. The summed E-state index contributed by atoms with van der Waals surface area (Å²) in [5.74, 6) is 0. The number of hydrogen-bond donors (Lipinski definition) is 1. The van der Waals surface area contributed by atoms with Crippen molar-refractivity contribution in [2.24, 2.45) is 0 Å². The molecule has 0 aliphatic rings. The van der Waals surface area contributed by atoms with Crippen LogP contribution >= 0.6 is 45.2 Å². The van der Waals surface area contributed by atoms with Gasteiger partial charge in [0.25, 0.3) is 0 Å². The van der Waals surface area contributed by atoms with Crippen LogP contribution < -0.4 is 5.32 Å². The Morgan fingerprint density at radius 2 is 1.07 bits per heavy atom. The van der Waals surface area contributed by atoms with Crippen molar-refractivity contribution in [3.63, 3.8) is 0 Å². The standard InChI is InChI=1S/C12H9I2N/c13-9-5-1-3-7-11(9)15-12-8-4-2-6-10(12)14/h1-8,15H. The number of benzene rings is 2. The number of anilines is 2. The monoisotopic (exact) mass is 421 g/mol. The van der Waals surface area contributed by atoms with Crippen LogP contribution in [-0.4, -0.2) is 0 Å². The average Bonchev–Trinajstić information content (AvgIpc) is 2.24. The summed E-state index contributed by atoms with van der Waals surface area (Å²) >= 11 is 4.67. The topological polar surface area (TPSA) is 12.0 Å². The highest BCUT2D eigenvalue weighted by Gasteiger charge is 2.01. The third kappa shape index (κ3) is 2.84. The van der Waals surface area contributed by atoms with Crippen molar-refractivity contribution < 1.29 is 0 Å². The highest BCUT2D eigenvalue weighted by molar-refractivity contribution is 14.1. The number of halogens is 2. The molecule has 0 saturated carbocycles. The molecule has 0 saturated heterocycles. The number of para-hydroxylation sites is 2. The molecule has 0 atom stereocenters. The lowest BCUT2D eigenvalue weighted by Gasteiger charge is -2.09. The minimum Gasteiger partial charge on any atom is -0.354 e. The zero-order chi connectivity index (χ0) is 10.7. The highest BCUT2D eigenvalue weighted by atomic mass is 127. The third-order valence-electron chi connectivity index (χ3n) is 2.02. The molecule has 0 aromatic heterocycles. The molecule has 0 amide bonds. The number of hydrogen-bond acceptors (Lipinski definition) is 1. The van der Waals surface area contributed by atoms with E-state index >= 15 is 0 Å². The fourth-order valence-corrected chi connectivity index (χ4v) is 2.31. The summed E-state index contributed by atoms with van der Waals surface area (Å²) in [6.45, 7) is 0. The minimum absolute atomic E-state index is 1.15. The van der Waals surface area contributed by atoms with Crippen molar-refractivity contribution in [1.82, 2.24) is 0 Å². The first-order valence-corrected chi connectivity index (χ1v) is 6.69. The van der Waals surface area contributed by atoms with Gasteiger partial charge in [0.1, 0.15) is 0 Å². The first-order chi connectivity index (χ1) is 7.27. The normalized spacial score (nSPS) is 10.0. The molecule has 3 heteroatoms. The van der Waals surface area contributed by atoms with E-state index in [1.165, 1.54) is 7.14 Å². The molecule has 0 heterocycles. The maximum atomic E-state index is 3.43. The lowest BCUT2D eigenvalue weighted by molar-refractivity contribution is 1.50. The molecular formula is C12H9I2N. The van der Waals surface area contributed by atoms with Crippen LogP contribution in [0.5, 0.6) is 0 Å². The predicted molar refractivity (Wildman–Crippen MR) is 81.6 cm³/mol. The Bertz CT molecular complexity index is 425. The summed E-state index contributed by atoms with van der Waals surface area (Å²) < 4.78 is 2.46. The molecule has 0 aliphatic heterocycles. The summed E-state index contributed by atoms with van der Waals surface area (Å²) in [4.78, 5) is 0. The third-order valence-corrected chi connectivity index (χ3v) is 3.90. The van der Waals surface area contributed by atoms with Gasteiger partial charge < -0.3 is 5.32 Å². The van der Waals surface area contributed by atoms with Gasteiger partial charge in [-0.2, -0.15) is 0 Å². The van der Waals surface area contributed by atoms with Crippen LogP contribution in [0, 0.1) is 7.14 Å². The van der Waals surface area contributed by atoms with Crippen molar-refractivity contribution in [2.75, 3.05) is 5.32 Å². The van der Waals surface area contributed by atoms with Crippen LogP contribution in [0.1, 0.15) is 0 Å². The molecule has 2 rings (SSSR count). The molecule has 0 aliphatic carbocycles. The van der Waals surface area contributed by atoms with E-state index in [1.54, 1.807) is 0 Å². The van der Waals surface area contributed by atoms with Crippen molar-refractivity contribution in [3.8, 4) is 0 Å². The lowest BCUT2D eigenvalue weighted by atomic mass is 10.3. The van der Waals surface area contributed by atoms with Gasteiger partial charge in [-0.25, -0.2) is 0 Å². The molecular weight excluding hydrogens is 412 g/mol. The smallest absolute Gasteiger partial charge is 0.0520 e. The molecule has 0 bridgehead atoms. The van der Waals surface area contributed by atoms with Crippen LogP contribution in [0.15, 0.2) is 48.5 Å². The maximum absolute atomic E-state index is 3.43. The van der Waals surface area contributed by atoms with Crippen LogP contribution in [0.3, 0.4) is 0 Å². The quantitative estimate of drug-likeness (QED) is 0.698. The van der Waals surface area contributed by atoms with E-state index in [9.17, 15) is 0 Å². The molecule has 1 nitrogen and oxygen atoms in total. The van der Waals surface area contributed by atoms with E-state index in [0.717, 1.165) is 11.4 Å². The largest absolute Gasteiger partial charge is 0.354 e. The number of nitrogens with one attached hydrogen (secondary N) is 1. The van der Waals surface area contributed by atoms with E-state index < -0.39 is 0 Å². The predicted octanol–water partition coefficient (Wildman–Crippen LogP) is 4.64. The van der Waals surface area contributed by atoms with E-state index in [2.05, 4.69) is 74.8 Å². The molecule has 2 aromatic carbocycles. The van der Waals surface area contributed by atoms with Gasteiger partial charge in [0.2, 0.25) is 0 Å². The SMILES string of the molecule is Ic1ccccc1Nc1ccccc1I. The Hall–Kier alpha value is -0.300. The summed E-state index contributed by atoms with van der Waals surface area (Å²) in [6.07, 6.45) is 0. The minimum atomic E-state index is 1.15. The summed E-state index contributed by atoms with van der Waals surface area (Å²) in [5.41, 5.74) is 2.31. The van der Waals surface area contributed by atoms with E-state index in [-0.39, 0.29) is 0 Å². The van der Waals surface area contributed by atoms with Crippen molar-refractivity contribution in [3.05, 3.63) is 55.7 Å². The molecule has 1 N–H and O–H groups in total. The van der Waals surface area contributed by atoms with Gasteiger partial charge in [-0.1, -0.05) is 24.3 Å². The average molecular weight is 421 g/mol. The Balaban J connectivity index is 2.30.